The molecule has 0 aliphatic rings. The first-order chi connectivity index (χ1) is 13.1. The van der Waals surface area contributed by atoms with Crippen molar-refractivity contribution in [2.45, 2.75) is 0 Å². The zero-order valence-electron chi connectivity index (χ0n) is 14.4. The zero-order valence-corrected chi connectivity index (χ0v) is 14.4. The minimum atomic E-state index is -1.05. The highest BCUT2D eigenvalue weighted by atomic mass is 16.5. The van der Waals surface area contributed by atoms with Crippen molar-refractivity contribution in [3.63, 3.8) is 0 Å². The zero-order chi connectivity index (χ0) is 19.1. The molecule has 136 valence electrons. The number of rotatable bonds is 7. The van der Waals surface area contributed by atoms with Gasteiger partial charge in [0.25, 0.3) is 5.91 Å². The van der Waals surface area contributed by atoms with Gasteiger partial charge in [-0.3, -0.25) is 4.79 Å². The van der Waals surface area contributed by atoms with Crippen molar-refractivity contribution < 1.29 is 19.4 Å². The van der Waals surface area contributed by atoms with Crippen molar-refractivity contribution >= 4 is 28.9 Å². The molecule has 0 saturated carbocycles. The van der Waals surface area contributed by atoms with Crippen LogP contribution < -0.4 is 15.4 Å². The molecule has 0 atom stereocenters. The summed E-state index contributed by atoms with van der Waals surface area (Å²) in [7, 11) is 0. The average molecular weight is 362 g/mol. The summed E-state index contributed by atoms with van der Waals surface area (Å²) in [6.45, 7) is -0.410. The topological polar surface area (TPSA) is 87.7 Å². The molecule has 0 aliphatic heterocycles. The summed E-state index contributed by atoms with van der Waals surface area (Å²) in [6.07, 6.45) is 0. The van der Waals surface area contributed by atoms with Crippen LogP contribution in [0.3, 0.4) is 0 Å². The maximum absolute atomic E-state index is 12.5. The highest BCUT2D eigenvalue weighted by Crippen LogP contribution is 2.19. The second kappa shape index (κ2) is 8.53. The Hall–Kier alpha value is -3.80. The Morgan fingerprint density at radius 1 is 0.815 bits per heavy atom. The van der Waals surface area contributed by atoms with Gasteiger partial charge >= 0.3 is 5.97 Å². The molecule has 0 aromatic heterocycles. The lowest BCUT2D eigenvalue weighted by Crippen LogP contribution is -2.12. The van der Waals surface area contributed by atoms with E-state index in [1.165, 1.54) is 0 Å². The van der Waals surface area contributed by atoms with Crippen molar-refractivity contribution in [3.8, 4) is 5.75 Å². The maximum Gasteiger partial charge on any atom is 0.341 e. The van der Waals surface area contributed by atoms with E-state index >= 15 is 0 Å². The smallest absolute Gasteiger partial charge is 0.341 e. The number of hydrogen-bond acceptors (Lipinski definition) is 4. The molecular weight excluding hydrogens is 344 g/mol. The van der Waals surface area contributed by atoms with Gasteiger partial charge in [0.2, 0.25) is 0 Å². The minimum Gasteiger partial charge on any atom is -0.482 e. The van der Waals surface area contributed by atoms with Crippen molar-refractivity contribution in [2.24, 2.45) is 0 Å². The normalized spacial score (nSPS) is 10.1. The summed E-state index contributed by atoms with van der Waals surface area (Å²) in [5.74, 6) is -0.869. The number of anilines is 3. The van der Waals surface area contributed by atoms with Gasteiger partial charge in [-0.15, -0.1) is 0 Å². The Morgan fingerprint density at radius 2 is 1.52 bits per heavy atom. The molecule has 3 rings (SSSR count). The first-order valence-corrected chi connectivity index (χ1v) is 8.28. The quantitative estimate of drug-likeness (QED) is 0.588. The summed E-state index contributed by atoms with van der Waals surface area (Å²) in [5, 5.41) is 14.7. The highest BCUT2D eigenvalue weighted by Gasteiger charge is 2.08. The Balaban J connectivity index is 1.64. The molecule has 0 spiro atoms. The van der Waals surface area contributed by atoms with Gasteiger partial charge in [0.1, 0.15) is 5.75 Å². The van der Waals surface area contributed by atoms with E-state index in [1.54, 1.807) is 36.4 Å². The third-order valence-corrected chi connectivity index (χ3v) is 3.66. The van der Waals surface area contributed by atoms with Gasteiger partial charge in [0.15, 0.2) is 6.61 Å². The lowest BCUT2D eigenvalue weighted by atomic mass is 10.1. The van der Waals surface area contributed by atoms with Gasteiger partial charge in [-0.1, -0.05) is 24.3 Å². The molecule has 6 nitrogen and oxygen atoms in total. The van der Waals surface area contributed by atoms with Crippen molar-refractivity contribution in [1.82, 2.24) is 0 Å². The third kappa shape index (κ3) is 5.34. The van der Waals surface area contributed by atoms with Crippen LogP contribution in [-0.4, -0.2) is 23.6 Å². The molecule has 6 heteroatoms. The van der Waals surface area contributed by atoms with Crippen molar-refractivity contribution in [3.05, 3.63) is 84.4 Å². The second-order valence-electron chi connectivity index (χ2n) is 5.73. The predicted molar refractivity (Wildman–Crippen MR) is 104 cm³/mol. The molecule has 3 N–H and O–H groups in total. The first kappa shape index (κ1) is 18.0. The number of nitrogens with one attached hydrogen (secondary N) is 2. The Kier molecular flexibility index (Phi) is 5.69. The van der Waals surface area contributed by atoms with E-state index in [2.05, 4.69) is 10.6 Å². The van der Waals surface area contributed by atoms with E-state index < -0.39 is 12.6 Å². The number of benzene rings is 3. The van der Waals surface area contributed by atoms with Gasteiger partial charge in [-0.05, 0) is 54.6 Å². The number of amides is 1. The molecule has 0 bridgehead atoms. The molecule has 0 fully saturated rings. The van der Waals surface area contributed by atoms with E-state index in [0.29, 0.717) is 17.0 Å². The lowest BCUT2D eigenvalue weighted by molar-refractivity contribution is -0.139. The minimum absolute atomic E-state index is 0.245. The fourth-order valence-electron chi connectivity index (χ4n) is 2.41. The standard InChI is InChI=1S/C21H18N2O4/c24-20(25)14-27-19-11-9-17(10-12-19)23-21(26)15-5-4-8-18(13-15)22-16-6-2-1-3-7-16/h1-13,22H,14H2,(H,23,26)(H,24,25). The Bertz CT molecular complexity index is 924. The Labute approximate surface area is 156 Å². The molecule has 3 aromatic rings. The molecule has 0 heterocycles. The first-order valence-electron chi connectivity index (χ1n) is 8.28. The van der Waals surface area contributed by atoms with E-state index in [9.17, 15) is 9.59 Å². The average Bonchev–Trinajstić information content (AvgIpc) is 2.68. The summed E-state index contributed by atoms with van der Waals surface area (Å²) in [4.78, 5) is 23.0. The number of ether oxygens (including phenoxy) is 1. The monoisotopic (exact) mass is 362 g/mol. The molecule has 0 aliphatic carbocycles. The van der Waals surface area contributed by atoms with Gasteiger partial charge < -0.3 is 20.5 Å². The van der Waals surface area contributed by atoms with Gasteiger partial charge in [-0.25, -0.2) is 4.79 Å². The number of carbonyl (C=O) groups excluding carboxylic acids is 1. The third-order valence-electron chi connectivity index (χ3n) is 3.66. The van der Waals surface area contributed by atoms with Crippen LogP contribution in [-0.2, 0) is 4.79 Å². The van der Waals surface area contributed by atoms with E-state index in [-0.39, 0.29) is 5.91 Å². The van der Waals surface area contributed by atoms with Crippen LogP contribution in [0.25, 0.3) is 0 Å². The molecule has 1 amide bonds. The summed E-state index contributed by atoms with van der Waals surface area (Å²) in [5.41, 5.74) is 2.85. The van der Waals surface area contributed by atoms with Crippen molar-refractivity contribution in [1.29, 1.82) is 0 Å². The van der Waals surface area contributed by atoms with Crippen LogP contribution in [0.1, 0.15) is 10.4 Å². The van der Waals surface area contributed by atoms with E-state index in [4.69, 9.17) is 9.84 Å². The van der Waals surface area contributed by atoms with Crippen LogP contribution in [0, 0.1) is 0 Å². The number of carbonyl (C=O) groups is 2. The molecule has 0 radical (unpaired) electrons. The molecule has 27 heavy (non-hydrogen) atoms. The Morgan fingerprint density at radius 3 is 2.22 bits per heavy atom. The van der Waals surface area contributed by atoms with Crippen molar-refractivity contribution in [2.75, 3.05) is 17.2 Å². The number of aliphatic carboxylic acids is 1. The largest absolute Gasteiger partial charge is 0.482 e. The van der Waals surface area contributed by atoms with Crippen LogP contribution >= 0.6 is 0 Å². The van der Waals surface area contributed by atoms with Crippen LogP contribution in [0.15, 0.2) is 78.9 Å². The van der Waals surface area contributed by atoms with Gasteiger partial charge in [0, 0.05) is 22.6 Å². The lowest BCUT2D eigenvalue weighted by Gasteiger charge is -2.10. The number of carboxylic acids is 1. The van der Waals surface area contributed by atoms with Crippen LogP contribution in [0.5, 0.6) is 5.75 Å². The van der Waals surface area contributed by atoms with Crippen LogP contribution in [0.4, 0.5) is 17.1 Å². The number of hydrogen-bond donors (Lipinski definition) is 3. The summed E-state index contributed by atoms with van der Waals surface area (Å²) < 4.78 is 5.06. The SMILES string of the molecule is O=C(O)COc1ccc(NC(=O)c2cccc(Nc3ccccc3)c2)cc1. The molecular formula is C21H18N2O4. The maximum atomic E-state index is 12.5. The summed E-state index contributed by atoms with van der Waals surface area (Å²) >= 11 is 0. The fraction of sp³-hybridized carbons (Fsp3) is 0.0476. The molecule has 3 aromatic carbocycles. The van der Waals surface area contributed by atoms with E-state index in [0.717, 1.165) is 11.4 Å². The summed E-state index contributed by atoms with van der Waals surface area (Å²) in [6, 6.07) is 23.4. The fourth-order valence-corrected chi connectivity index (χ4v) is 2.41. The second-order valence-corrected chi connectivity index (χ2v) is 5.73. The highest BCUT2D eigenvalue weighted by molar-refractivity contribution is 6.04. The van der Waals surface area contributed by atoms with Gasteiger partial charge in [-0.2, -0.15) is 0 Å². The predicted octanol–water partition coefficient (Wildman–Crippen LogP) is 4.15. The molecule has 0 saturated heterocycles. The number of carboxylic acid groups (broad SMARTS) is 1. The van der Waals surface area contributed by atoms with E-state index in [1.807, 2.05) is 42.5 Å². The number of para-hydroxylation sites is 1. The van der Waals surface area contributed by atoms with Gasteiger partial charge in [0.05, 0.1) is 0 Å². The molecule has 0 unspecified atom stereocenters. The van der Waals surface area contributed by atoms with Crippen LogP contribution in [0.2, 0.25) is 0 Å².